The van der Waals surface area contributed by atoms with E-state index >= 15 is 0 Å². The van der Waals surface area contributed by atoms with Gasteiger partial charge in [0.15, 0.2) is 0 Å². The molecule has 2 saturated heterocycles. The summed E-state index contributed by atoms with van der Waals surface area (Å²) in [5, 5.41) is 3.04. The SMILES string of the molecule is O=C1NC(C2CCOC2)C1C1CC1. The molecule has 3 aliphatic rings. The first kappa shape index (κ1) is 7.80. The molecule has 1 aliphatic carbocycles. The van der Waals surface area contributed by atoms with E-state index in [1.165, 1.54) is 12.8 Å². The molecule has 72 valence electrons. The third-order valence-corrected chi connectivity index (χ3v) is 3.60. The summed E-state index contributed by atoms with van der Waals surface area (Å²) in [5.74, 6) is 1.94. The molecule has 3 rings (SSSR count). The van der Waals surface area contributed by atoms with Crippen molar-refractivity contribution in [2.45, 2.75) is 25.3 Å². The summed E-state index contributed by atoms with van der Waals surface area (Å²) in [6, 6.07) is 0.447. The van der Waals surface area contributed by atoms with Gasteiger partial charge < -0.3 is 10.1 Å². The van der Waals surface area contributed by atoms with Gasteiger partial charge in [-0.05, 0) is 25.2 Å². The summed E-state index contributed by atoms with van der Waals surface area (Å²) >= 11 is 0. The van der Waals surface area contributed by atoms with Crippen LogP contribution >= 0.6 is 0 Å². The topological polar surface area (TPSA) is 38.3 Å². The molecule has 2 heterocycles. The van der Waals surface area contributed by atoms with Gasteiger partial charge in [-0.25, -0.2) is 0 Å². The largest absolute Gasteiger partial charge is 0.381 e. The Morgan fingerprint density at radius 3 is 2.62 bits per heavy atom. The van der Waals surface area contributed by atoms with Gasteiger partial charge in [0.25, 0.3) is 0 Å². The zero-order valence-electron chi connectivity index (χ0n) is 7.66. The van der Waals surface area contributed by atoms with Gasteiger partial charge in [0.2, 0.25) is 5.91 Å². The van der Waals surface area contributed by atoms with Gasteiger partial charge >= 0.3 is 0 Å². The average Bonchev–Trinajstić information content (AvgIpc) is 2.77. The highest BCUT2D eigenvalue weighted by molar-refractivity contribution is 5.86. The predicted octanol–water partition coefficient (Wildman–Crippen LogP) is 0.547. The van der Waals surface area contributed by atoms with Crippen LogP contribution in [0.15, 0.2) is 0 Å². The number of nitrogens with one attached hydrogen (secondary N) is 1. The summed E-state index contributed by atoms with van der Waals surface area (Å²) in [4.78, 5) is 11.3. The van der Waals surface area contributed by atoms with Crippen molar-refractivity contribution in [2.24, 2.45) is 17.8 Å². The van der Waals surface area contributed by atoms with Gasteiger partial charge in [0.05, 0.1) is 12.5 Å². The first-order valence-electron chi connectivity index (χ1n) is 5.24. The molecule has 0 aromatic heterocycles. The Morgan fingerprint density at radius 2 is 2.08 bits per heavy atom. The molecule has 13 heavy (non-hydrogen) atoms. The van der Waals surface area contributed by atoms with E-state index in [4.69, 9.17) is 4.74 Å². The molecule has 0 aromatic rings. The molecule has 3 nitrogen and oxygen atoms in total. The van der Waals surface area contributed by atoms with Crippen LogP contribution in [0, 0.1) is 17.8 Å². The lowest BCUT2D eigenvalue weighted by atomic mass is 9.78. The third-order valence-electron chi connectivity index (χ3n) is 3.60. The minimum atomic E-state index is 0.291. The van der Waals surface area contributed by atoms with Gasteiger partial charge in [0, 0.05) is 18.6 Å². The highest BCUT2D eigenvalue weighted by Crippen LogP contribution is 2.44. The highest BCUT2D eigenvalue weighted by Gasteiger charge is 2.51. The van der Waals surface area contributed by atoms with Crippen molar-refractivity contribution in [3.8, 4) is 0 Å². The van der Waals surface area contributed by atoms with Crippen molar-refractivity contribution in [3.05, 3.63) is 0 Å². The van der Waals surface area contributed by atoms with E-state index in [0.717, 1.165) is 19.6 Å². The van der Waals surface area contributed by atoms with Crippen molar-refractivity contribution in [3.63, 3.8) is 0 Å². The second-order valence-corrected chi connectivity index (χ2v) is 4.52. The van der Waals surface area contributed by atoms with Crippen molar-refractivity contribution >= 4 is 5.91 Å². The molecule has 0 aromatic carbocycles. The smallest absolute Gasteiger partial charge is 0.225 e. The fraction of sp³-hybridized carbons (Fsp3) is 0.900. The molecule has 3 fully saturated rings. The minimum absolute atomic E-state index is 0.291. The Kier molecular flexibility index (Phi) is 1.62. The first-order valence-corrected chi connectivity index (χ1v) is 5.24. The molecule has 1 amide bonds. The van der Waals surface area contributed by atoms with Gasteiger partial charge in [-0.2, -0.15) is 0 Å². The lowest BCUT2D eigenvalue weighted by molar-refractivity contribution is -0.138. The lowest BCUT2D eigenvalue weighted by Crippen LogP contribution is -2.62. The van der Waals surface area contributed by atoms with Crippen LogP contribution in [0.3, 0.4) is 0 Å². The average molecular weight is 181 g/mol. The van der Waals surface area contributed by atoms with Crippen LogP contribution in [0.5, 0.6) is 0 Å². The van der Waals surface area contributed by atoms with Crippen molar-refractivity contribution < 1.29 is 9.53 Å². The van der Waals surface area contributed by atoms with Crippen LogP contribution in [-0.2, 0) is 9.53 Å². The molecular formula is C10H15NO2. The molecular weight excluding hydrogens is 166 g/mol. The van der Waals surface area contributed by atoms with E-state index in [0.29, 0.717) is 29.7 Å². The van der Waals surface area contributed by atoms with Gasteiger partial charge in [0.1, 0.15) is 0 Å². The Hall–Kier alpha value is -0.570. The Labute approximate surface area is 77.8 Å². The van der Waals surface area contributed by atoms with E-state index in [2.05, 4.69) is 5.32 Å². The monoisotopic (exact) mass is 181 g/mol. The standard InChI is InChI=1S/C10H15NO2/c12-10-8(6-1-2-6)9(11-10)7-3-4-13-5-7/h6-9H,1-5H2,(H,11,12). The van der Waals surface area contributed by atoms with Crippen LogP contribution in [0.4, 0.5) is 0 Å². The number of β-lactam (4-membered cyclic amide) rings is 1. The number of carbonyl (C=O) groups excluding carboxylic acids is 1. The zero-order valence-corrected chi connectivity index (χ0v) is 7.66. The number of carbonyl (C=O) groups is 1. The summed E-state index contributed by atoms with van der Waals surface area (Å²) in [7, 11) is 0. The van der Waals surface area contributed by atoms with Gasteiger partial charge in [-0.3, -0.25) is 4.79 Å². The number of ether oxygens (including phenoxy) is 1. The van der Waals surface area contributed by atoms with E-state index < -0.39 is 0 Å². The summed E-state index contributed by atoms with van der Waals surface area (Å²) in [6.07, 6.45) is 3.67. The van der Waals surface area contributed by atoms with Gasteiger partial charge in [-0.1, -0.05) is 0 Å². The lowest BCUT2D eigenvalue weighted by Gasteiger charge is -2.40. The van der Waals surface area contributed by atoms with Crippen molar-refractivity contribution in [1.29, 1.82) is 0 Å². The molecule has 1 N–H and O–H groups in total. The van der Waals surface area contributed by atoms with Crippen LogP contribution in [0.25, 0.3) is 0 Å². The van der Waals surface area contributed by atoms with Crippen LogP contribution in [0.1, 0.15) is 19.3 Å². The molecule has 3 heteroatoms. The van der Waals surface area contributed by atoms with E-state index in [1.807, 2.05) is 0 Å². The van der Waals surface area contributed by atoms with Gasteiger partial charge in [-0.15, -0.1) is 0 Å². The first-order chi connectivity index (χ1) is 6.36. The quantitative estimate of drug-likeness (QED) is 0.632. The third kappa shape index (κ3) is 1.17. The van der Waals surface area contributed by atoms with E-state index in [-0.39, 0.29) is 0 Å². The normalized spacial score (nSPS) is 44.3. The molecule has 2 aliphatic heterocycles. The molecule has 3 atom stereocenters. The van der Waals surface area contributed by atoms with E-state index in [9.17, 15) is 4.79 Å². The van der Waals surface area contributed by atoms with Crippen molar-refractivity contribution in [1.82, 2.24) is 5.32 Å². The summed E-state index contributed by atoms with van der Waals surface area (Å²) < 4.78 is 5.35. The fourth-order valence-electron chi connectivity index (χ4n) is 2.63. The Bertz CT molecular complexity index is 231. The Morgan fingerprint density at radius 1 is 1.23 bits per heavy atom. The maximum absolute atomic E-state index is 11.3. The zero-order chi connectivity index (χ0) is 8.84. The van der Waals surface area contributed by atoms with Crippen LogP contribution in [0.2, 0.25) is 0 Å². The number of hydrogen-bond acceptors (Lipinski definition) is 2. The fourth-order valence-corrected chi connectivity index (χ4v) is 2.63. The molecule has 0 radical (unpaired) electrons. The molecule has 0 spiro atoms. The predicted molar refractivity (Wildman–Crippen MR) is 47.1 cm³/mol. The number of hydrogen-bond donors (Lipinski definition) is 1. The summed E-state index contributed by atoms with van der Waals surface area (Å²) in [5.41, 5.74) is 0. The van der Waals surface area contributed by atoms with Crippen LogP contribution < -0.4 is 5.32 Å². The maximum Gasteiger partial charge on any atom is 0.225 e. The second-order valence-electron chi connectivity index (χ2n) is 4.52. The number of amides is 1. The summed E-state index contributed by atoms with van der Waals surface area (Å²) in [6.45, 7) is 1.74. The van der Waals surface area contributed by atoms with Crippen LogP contribution in [-0.4, -0.2) is 25.2 Å². The molecule has 3 unspecified atom stereocenters. The minimum Gasteiger partial charge on any atom is -0.381 e. The highest BCUT2D eigenvalue weighted by atomic mass is 16.5. The maximum atomic E-state index is 11.3. The molecule has 0 bridgehead atoms. The molecule has 1 saturated carbocycles. The van der Waals surface area contributed by atoms with E-state index in [1.54, 1.807) is 0 Å². The Balaban J connectivity index is 1.67. The second kappa shape index (κ2) is 2.71. The number of rotatable bonds is 2. The van der Waals surface area contributed by atoms with Crippen molar-refractivity contribution in [2.75, 3.05) is 13.2 Å².